The Labute approximate surface area is 105 Å². The Balaban J connectivity index is 1.80. The zero-order chi connectivity index (χ0) is 13.0. The van der Waals surface area contributed by atoms with Crippen LogP contribution in [-0.2, 0) is 4.79 Å². The van der Waals surface area contributed by atoms with Crippen LogP contribution in [-0.4, -0.2) is 49.4 Å². The molecule has 0 atom stereocenters. The number of carbonyl (C=O) groups excluding carboxylic acids is 2. The summed E-state index contributed by atoms with van der Waals surface area (Å²) in [5.41, 5.74) is 0. The molecular weight excluding hydrogens is 234 g/mol. The fourth-order valence-corrected chi connectivity index (χ4v) is 1.83. The van der Waals surface area contributed by atoms with E-state index in [0.717, 1.165) is 13.1 Å². The van der Waals surface area contributed by atoms with Crippen molar-refractivity contribution in [3.8, 4) is 0 Å². The number of rotatable bonds is 3. The number of aryl methyl sites for hydroxylation is 1. The zero-order valence-corrected chi connectivity index (χ0v) is 10.4. The summed E-state index contributed by atoms with van der Waals surface area (Å²) in [5.74, 6) is 0.494. The van der Waals surface area contributed by atoms with Gasteiger partial charge in [-0.1, -0.05) is 0 Å². The molecule has 0 bridgehead atoms. The standard InChI is InChI=1S/C12H17N3O3/c1-9-2-3-10(18-9)12(17)14-8-11(16)15-6-4-13-5-7-15/h2-3,13H,4-8H2,1H3,(H,14,17). The lowest BCUT2D eigenvalue weighted by molar-refractivity contribution is -0.130. The Kier molecular flexibility index (Phi) is 3.99. The number of nitrogens with zero attached hydrogens (tertiary/aromatic N) is 1. The molecule has 0 aromatic carbocycles. The SMILES string of the molecule is Cc1ccc(C(=O)NCC(=O)N2CCNCC2)o1. The van der Waals surface area contributed by atoms with Crippen molar-refractivity contribution in [1.82, 2.24) is 15.5 Å². The van der Waals surface area contributed by atoms with Crippen molar-refractivity contribution in [3.63, 3.8) is 0 Å². The highest BCUT2D eigenvalue weighted by molar-refractivity contribution is 5.94. The van der Waals surface area contributed by atoms with E-state index in [9.17, 15) is 9.59 Å². The Morgan fingerprint density at radius 2 is 2.11 bits per heavy atom. The van der Waals surface area contributed by atoms with Crippen molar-refractivity contribution < 1.29 is 14.0 Å². The van der Waals surface area contributed by atoms with Crippen LogP contribution in [0.5, 0.6) is 0 Å². The van der Waals surface area contributed by atoms with Crippen molar-refractivity contribution in [2.45, 2.75) is 6.92 Å². The monoisotopic (exact) mass is 251 g/mol. The summed E-state index contributed by atoms with van der Waals surface area (Å²) in [6, 6.07) is 3.31. The van der Waals surface area contributed by atoms with E-state index in [4.69, 9.17) is 4.42 Å². The Morgan fingerprint density at radius 3 is 2.72 bits per heavy atom. The van der Waals surface area contributed by atoms with Crippen molar-refractivity contribution >= 4 is 11.8 Å². The molecule has 0 saturated carbocycles. The van der Waals surface area contributed by atoms with Crippen LogP contribution in [0.15, 0.2) is 16.5 Å². The van der Waals surface area contributed by atoms with Gasteiger partial charge in [0.1, 0.15) is 5.76 Å². The van der Waals surface area contributed by atoms with Gasteiger partial charge in [0.05, 0.1) is 6.54 Å². The summed E-state index contributed by atoms with van der Waals surface area (Å²) in [7, 11) is 0. The number of amides is 2. The number of piperazine rings is 1. The summed E-state index contributed by atoms with van der Waals surface area (Å²) in [6.45, 7) is 4.76. The van der Waals surface area contributed by atoms with Crippen molar-refractivity contribution in [3.05, 3.63) is 23.7 Å². The van der Waals surface area contributed by atoms with E-state index in [1.54, 1.807) is 24.0 Å². The minimum Gasteiger partial charge on any atom is -0.456 e. The highest BCUT2D eigenvalue weighted by Gasteiger charge is 2.17. The first-order valence-electron chi connectivity index (χ1n) is 6.00. The highest BCUT2D eigenvalue weighted by atomic mass is 16.3. The van der Waals surface area contributed by atoms with Crippen molar-refractivity contribution in [2.24, 2.45) is 0 Å². The lowest BCUT2D eigenvalue weighted by Crippen LogP contribution is -2.49. The van der Waals surface area contributed by atoms with E-state index in [1.807, 2.05) is 0 Å². The molecule has 1 aliphatic rings. The second kappa shape index (κ2) is 5.68. The number of furan rings is 1. The van der Waals surface area contributed by atoms with Crippen LogP contribution in [0, 0.1) is 6.92 Å². The van der Waals surface area contributed by atoms with Gasteiger partial charge in [-0.25, -0.2) is 0 Å². The van der Waals surface area contributed by atoms with Crippen molar-refractivity contribution in [1.29, 1.82) is 0 Å². The van der Waals surface area contributed by atoms with Gasteiger partial charge in [-0.3, -0.25) is 9.59 Å². The minimum absolute atomic E-state index is 0.0125. The lowest BCUT2D eigenvalue weighted by Gasteiger charge is -2.27. The number of nitrogens with one attached hydrogen (secondary N) is 2. The first-order valence-corrected chi connectivity index (χ1v) is 6.00. The molecule has 2 amide bonds. The highest BCUT2D eigenvalue weighted by Crippen LogP contribution is 2.05. The largest absolute Gasteiger partial charge is 0.456 e. The summed E-state index contributed by atoms with van der Waals surface area (Å²) >= 11 is 0. The lowest BCUT2D eigenvalue weighted by atomic mass is 10.3. The smallest absolute Gasteiger partial charge is 0.287 e. The first kappa shape index (κ1) is 12.6. The maximum absolute atomic E-state index is 11.8. The van der Waals surface area contributed by atoms with Crippen LogP contribution < -0.4 is 10.6 Å². The average molecular weight is 251 g/mol. The quantitative estimate of drug-likeness (QED) is 0.777. The third kappa shape index (κ3) is 3.10. The molecule has 6 heteroatoms. The van der Waals surface area contributed by atoms with Gasteiger partial charge < -0.3 is 20.0 Å². The normalized spacial score (nSPS) is 15.5. The molecule has 18 heavy (non-hydrogen) atoms. The molecule has 2 N–H and O–H groups in total. The summed E-state index contributed by atoms with van der Waals surface area (Å²) in [5, 5.41) is 5.73. The Morgan fingerprint density at radius 1 is 1.39 bits per heavy atom. The summed E-state index contributed by atoms with van der Waals surface area (Å²) in [6.07, 6.45) is 0. The van der Waals surface area contributed by atoms with Gasteiger partial charge >= 0.3 is 0 Å². The number of hydrogen-bond acceptors (Lipinski definition) is 4. The van der Waals surface area contributed by atoms with Gasteiger partial charge in [-0.05, 0) is 19.1 Å². The van der Waals surface area contributed by atoms with E-state index < -0.39 is 0 Å². The van der Waals surface area contributed by atoms with E-state index in [-0.39, 0.29) is 24.1 Å². The fourth-order valence-electron chi connectivity index (χ4n) is 1.83. The van der Waals surface area contributed by atoms with E-state index in [1.165, 1.54) is 0 Å². The van der Waals surface area contributed by atoms with Crippen LogP contribution in [0.3, 0.4) is 0 Å². The maximum atomic E-state index is 11.8. The molecule has 2 heterocycles. The number of hydrogen-bond donors (Lipinski definition) is 2. The Hall–Kier alpha value is -1.82. The predicted octanol–water partition coefficient (Wildman–Crippen LogP) is -0.250. The second-order valence-electron chi connectivity index (χ2n) is 4.22. The van der Waals surface area contributed by atoms with E-state index in [2.05, 4.69) is 10.6 Å². The topological polar surface area (TPSA) is 74.6 Å². The van der Waals surface area contributed by atoms with Crippen LogP contribution in [0.4, 0.5) is 0 Å². The average Bonchev–Trinajstić information content (AvgIpc) is 2.83. The predicted molar refractivity (Wildman–Crippen MR) is 65.2 cm³/mol. The molecule has 2 rings (SSSR count). The van der Waals surface area contributed by atoms with Gasteiger partial charge in [0.25, 0.3) is 5.91 Å². The molecule has 1 fully saturated rings. The fraction of sp³-hybridized carbons (Fsp3) is 0.500. The third-order valence-electron chi connectivity index (χ3n) is 2.83. The molecule has 6 nitrogen and oxygen atoms in total. The molecule has 98 valence electrons. The van der Waals surface area contributed by atoms with Gasteiger partial charge in [0.15, 0.2) is 5.76 Å². The second-order valence-corrected chi connectivity index (χ2v) is 4.22. The molecule has 0 radical (unpaired) electrons. The first-order chi connectivity index (χ1) is 8.66. The van der Waals surface area contributed by atoms with Crippen LogP contribution in [0.2, 0.25) is 0 Å². The molecule has 1 aromatic heterocycles. The van der Waals surface area contributed by atoms with Gasteiger partial charge in [-0.2, -0.15) is 0 Å². The zero-order valence-electron chi connectivity index (χ0n) is 10.4. The van der Waals surface area contributed by atoms with Gasteiger partial charge in [0, 0.05) is 26.2 Å². The minimum atomic E-state index is -0.355. The van der Waals surface area contributed by atoms with Gasteiger partial charge in [0.2, 0.25) is 5.91 Å². The van der Waals surface area contributed by atoms with Crippen LogP contribution in [0.1, 0.15) is 16.3 Å². The summed E-state index contributed by atoms with van der Waals surface area (Å²) in [4.78, 5) is 25.2. The van der Waals surface area contributed by atoms with Gasteiger partial charge in [-0.15, -0.1) is 0 Å². The molecular formula is C12H17N3O3. The van der Waals surface area contributed by atoms with Crippen LogP contribution in [0.25, 0.3) is 0 Å². The van der Waals surface area contributed by atoms with Crippen molar-refractivity contribution in [2.75, 3.05) is 32.7 Å². The van der Waals surface area contributed by atoms with E-state index in [0.29, 0.717) is 18.8 Å². The molecule has 1 saturated heterocycles. The molecule has 1 aliphatic heterocycles. The maximum Gasteiger partial charge on any atom is 0.287 e. The Bertz CT molecular complexity index is 436. The molecule has 0 spiro atoms. The van der Waals surface area contributed by atoms with E-state index >= 15 is 0 Å². The molecule has 0 unspecified atom stereocenters. The molecule has 1 aromatic rings. The van der Waals surface area contributed by atoms with Crippen LogP contribution >= 0.6 is 0 Å². The number of carbonyl (C=O) groups is 2. The molecule has 0 aliphatic carbocycles. The summed E-state index contributed by atoms with van der Waals surface area (Å²) < 4.78 is 5.18. The third-order valence-corrected chi connectivity index (χ3v) is 2.83.